The highest BCUT2D eigenvalue weighted by atomic mass is 16.5. The number of unbranched alkanes of at least 4 members (excludes halogenated alkanes) is 2. The molecule has 2 atom stereocenters. The van der Waals surface area contributed by atoms with Crippen LogP contribution in [0, 0.1) is 0 Å². The third-order valence-corrected chi connectivity index (χ3v) is 2.53. The summed E-state index contributed by atoms with van der Waals surface area (Å²) in [4.78, 5) is 11.1. The maximum Gasteiger partial charge on any atom is 0.308 e. The smallest absolute Gasteiger partial charge is 0.308 e. The molecule has 0 aromatic rings. The summed E-state index contributed by atoms with van der Waals surface area (Å²) in [5, 5.41) is 18.6. The van der Waals surface area contributed by atoms with Crippen LogP contribution in [0.25, 0.3) is 0 Å². The zero-order chi connectivity index (χ0) is 13.8. The molecule has 0 aromatic heterocycles. The quantitative estimate of drug-likeness (QED) is 0.358. The molecule has 0 aromatic carbocycles. The number of allylic oxidation sites excluding steroid dienone is 1. The molecule has 0 saturated heterocycles. The molecule has 0 aliphatic rings. The number of carbonyl (C=O) groups excluding carboxylic acids is 1. The maximum atomic E-state index is 11.1. The molecule has 0 radical (unpaired) electrons. The van der Waals surface area contributed by atoms with Crippen LogP contribution in [0.1, 0.15) is 52.4 Å². The molecule has 0 rings (SSSR count). The summed E-state index contributed by atoms with van der Waals surface area (Å²) in [5.74, 6) is -0.352. The Morgan fingerprint density at radius 1 is 1.28 bits per heavy atom. The van der Waals surface area contributed by atoms with Crippen molar-refractivity contribution >= 4 is 5.97 Å². The number of ether oxygens (including phenoxy) is 1. The molecule has 106 valence electrons. The number of aliphatic hydroxyl groups excluding tert-OH is 2. The van der Waals surface area contributed by atoms with Gasteiger partial charge in [0.2, 0.25) is 0 Å². The second kappa shape index (κ2) is 11.2. The lowest BCUT2D eigenvalue weighted by molar-refractivity contribution is -0.145. The van der Waals surface area contributed by atoms with Crippen LogP contribution in [-0.2, 0) is 9.53 Å². The maximum absolute atomic E-state index is 11.1. The minimum atomic E-state index is -0.655. The van der Waals surface area contributed by atoms with Crippen molar-refractivity contribution in [2.24, 2.45) is 0 Å². The fourth-order valence-corrected chi connectivity index (χ4v) is 1.57. The van der Waals surface area contributed by atoms with E-state index in [-0.39, 0.29) is 18.5 Å². The zero-order valence-corrected chi connectivity index (χ0v) is 11.5. The van der Waals surface area contributed by atoms with Crippen molar-refractivity contribution in [2.45, 2.75) is 64.6 Å². The summed E-state index contributed by atoms with van der Waals surface area (Å²) < 4.78 is 4.75. The monoisotopic (exact) mass is 258 g/mol. The largest absolute Gasteiger partial charge is 0.466 e. The van der Waals surface area contributed by atoms with Crippen molar-refractivity contribution in [2.75, 3.05) is 6.61 Å². The fourth-order valence-electron chi connectivity index (χ4n) is 1.57. The minimum Gasteiger partial charge on any atom is -0.466 e. The average Bonchev–Trinajstić information content (AvgIpc) is 2.27. The Bertz CT molecular complexity index is 236. The molecule has 2 unspecified atom stereocenters. The molecule has 0 heterocycles. The van der Waals surface area contributed by atoms with Gasteiger partial charge in [-0.3, -0.25) is 4.79 Å². The van der Waals surface area contributed by atoms with Gasteiger partial charge in [0.15, 0.2) is 0 Å². The Labute approximate surface area is 110 Å². The number of hydrogen-bond acceptors (Lipinski definition) is 4. The van der Waals surface area contributed by atoms with E-state index >= 15 is 0 Å². The zero-order valence-electron chi connectivity index (χ0n) is 11.5. The van der Waals surface area contributed by atoms with Gasteiger partial charge >= 0.3 is 5.97 Å². The van der Waals surface area contributed by atoms with Crippen LogP contribution in [0.15, 0.2) is 12.2 Å². The third kappa shape index (κ3) is 11.6. The van der Waals surface area contributed by atoms with E-state index in [1.54, 1.807) is 13.8 Å². The highest BCUT2D eigenvalue weighted by Crippen LogP contribution is 2.06. The van der Waals surface area contributed by atoms with Gasteiger partial charge in [0.25, 0.3) is 0 Å². The molecule has 0 amide bonds. The molecule has 2 N–H and O–H groups in total. The van der Waals surface area contributed by atoms with Crippen LogP contribution in [-0.4, -0.2) is 35.0 Å². The van der Waals surface area contributed by atoms with Gasteiger partial charge in [-0.25, -0.2) is 0 Å². The third-order valence-electron chi connectivity index (χ3n) is 2.53. The van der Waals surface area contributed by atoms with Crippen LogP contribution >= 0.6 is 0 Å². The summed E-state index contributed by atoms with van der Waals surface area (Å²) in [5.41, 5.74) is 0. The molecule has 4 nitrogen and oxygen atoms in total. The van der Waals surface area contributed by atoms with E-state index < -0.39 is 6.10 Å². The standard InChI is InChI=1S/C14H26O4/c1-3-18-14(17)11-13(16)10-8-6-4-5-7-9-12(2)15/h6,8,12-13,15-16H,3-5,7,9-11H2,1-2H3/b8-6-. The summed E-state index contributed by atoms with van der Waals surface area (Å²) in [6, 6.07) is 0. The lowest BCUT2D eigenvalue weighted by Crippen LogP contribution is -2.14. The predicted octanol–water partition coefficient (Wildman–Crippen LogP) is 2.19. The summed E-state index contributed by atoms with van der Waals surface area (Å²) in [6.45, 7) is 3.89. The van der Waals surface area contributed by atoms with E-state index in [2.05, 4.69) is 0 Å². The topological polar surface area (TPSA) is 66.8 Å². The number of carbonyl (C=O) groups is 1. The highest BCUT2D eigenvalue weighted by molar-refractivity contribution is 5.69. The molecule has 0 aliphatic carbocycles. The Balaban J connectivity index is 3.48. The molecular weight excluding hydrogens is 232 g/mol. The van der Waals surface area contributed by atoms with Gasteiger partial charge in [0, 0.05) is 0 Å². The van der Waals surface area contributed by atoms with Gasteiger partial charge in [0.1, 0.15) is 0 Å². The fraction of sp³-hybridized carbons (Fsp3) is 0.786. The number of aliphatic hydroxyl groups is 2. The van der Waals surface area contributed by atoms with Gasteiger partial charge in [0.05, 0.1) is 25.2 Å². The molecule has 0 spiro atoms. The first-order valence-electron chi connectivity index (χ1n) is 6.73. The van der Waals surface area contributed by atoms with Crippen molar-refractivity contribution in [3.63, 3.8) is 0 Å². The minimum absolute atomic E-state index is 0.0558. The Morgan fingerprint density at radius 3 is 2.61 bits per heavy atom. The van der Waals surface area contributed by atoms with Gasteiger partial charge in [-0.2, -0.15) is 0 Å². The van der Waals surface area contributed by atoms with Gasteiger partial charge in [-0.15, -0.1) is 0 Å². The van der Waals surface area contributed by atoms with Crippen LogP contribution < -0.4 is 0 Å². The number of hydrogen-bond donors (Lipinski definition) is 2. The van der Waals surface area contributed by atoms with Gasteiger partial charge in [-0.1, -0.05) is 18.6 Å². The Kier molecular flexibility index (Phi) is 10.7. The normalized spacial score (nSPS) is 14.7. The van der Waals surface area contributed by atoms with E-state index in [1.807, 2.05) is 12.2 Å². The van der Waals surface area contributed by atoms with Crippen LogP contribution in [0.4, 0.5) is 0 Å². The SMILES string of the molecule is CCOC(=O)CC(O)C/C=C\CCCCC(C)O. The first-order valence-corrected chi connectivity index (χ1v) is 6.73. The highest BCUT2D eigenvalue weighted by Gasteiger charge is 2.09. The predicted molar refractivity (Wildman–Crippen MR) is 71.2 cm³/mol. The van der Waals surface area contributed by atoms with Gasteiger partial charge in [-0.05, 0) is 39.5 Å². The lowest BCUT2D eigenvalue weighted by atomic mass is 10.1. The summed E-state index contributed by atoms with van der Waals surface area (Å²) in [6.07, 6.45) is 7.39. The van der Waals surface area contributed by atoms with Crippen molar-refractivity contribution in [1.29, 1.82) is 0 Å². The van der Waals surface area contributed by atoms with E-state index in [0.29, 0.717) is 13.0 Å². The molecule has 0 aliphatic heterocycles. The number of esters is 1. The van der Waals surface area contributed by atoms with E-state index in [9.17, 15) is 9.90 Å². The first kappa shape index (κ1) is 17.1. The van der Waals surface area contributed by atoms with Crippen molar-refractivity contribution < 1.29 is 19.7 Å². The number of rotatable bonds is 10. The second-order valence-corrected chi connectivity index (χ2v) is 4.50. The van der Waals surface area contributed by atoms with Crippen molar-refractivity contribution in [3.05, 3.63) is 12.2 Å². The molecule has 0 fully saturated rings. The van der Waals surface area contributed by atoms with Crippen LogP contribution in [0.5, 0.6) is 0 Å². The second-order valence-electron chi connectivity index (χ2n) is 4.50. The molecule has 18 heavy (non-hydrogen) atoms. The average molecular weight is 258 g/mol. The van der Waals surface area contributed by atoms with Crippen molar-refractivity contribution in [3.8, 4) is 0 Å². The van der Waals surface area contributed by atoms with E-state index in [4.69, 9.17) is 9.84 Å². The van der Waals surface area contributed by atoms with Gasteiger partial charge < -0.3 is 14.9 Å². The van der Waals surface area contributed by atoms with Crippen molar-refractivity contribution in [1.82, 2.24) is 0 Å². The Hall–Kier alpha value is -0.870. The molecular formula is C14H26O4. The van der Waals surface area contributed by atoms with E-state index in [1.165, 1.54) is 0 Å². The van der Waals surface area contributed by atoms with E-state index in [0.717, 1.165) is 25.7 Å². The first-order chi connectivity index (χ1) is 8.56. The molecule has 0 saturated carbocycles. The van der Waals surface area contributed by atoms with Crippen LogP contribution in [0.2, 0.25) is 0 Å². The lowest BCUT2D eigenvalue weighted by Gasteiger charge is -2.06. The summed E-state index contributed by atoms with van der Waals surface area (Å²) >= 11 is 0. The molecule has 4 heteroatoms. The Morgan fingerprint density at radius 2 is 2.00 bits per heavy atom. The van der Waals surface area contributed by atoms with Crippen LogP contribution in [0.3, 0.4) is 0 Å². The summed E-state index contributed by atoms with van der Waals surface area (Å²) in [7, 11) is 0. The molecule has 0 bridgehead atoms.